The number of rotatable bonds is 4. The van der Waals surface area contributed by atoms with E-state index in [0.717, 1.165) is 11.3 Å². The van der Waals surface area contributed by atoms with E-state index in [0.29, 0.717) is 0 Å². The molecule has 1 N–H and O–H groups in total. The summed E-state index contributed by atoms with van der Waals surface area (Å²) in [6, 6.07) is 10.2. The molecule has 1 aromatic carbocycles. The average molecular weight is 330 g/mol. The van der Waals surface area contributed by atoms with Gasteiger partial charge in [-0.3, -0.25) is 9.59 Å². The van der Waals surface area contributed by atoms with E-state index < -0.39 is 21.2 Å². The predicted molar refractivity (Wildman–Crippen MR) is 75.6 cm³/mol. The highest BCUT2D eigenvalue weighted by Crippen LogP contribution is 2.19. The van der Waals surface area contributed by atoms with Crippen molar-refractivity contribution in [1.82, 2.24) is 4.72 Å². The summed E-state index contributed by atoms with van der Waals surface area (Å²) in [5.41, 5.74) is 0. The fraction of sp³-hybridized carbons (Fsp3) is 0. The zero-order valence-electron chi connectivity index (χ0n) is 9.87. The molecule has 2 rings (SSSR count). The summed E-state index contributed by atoms with van der Waals surface area (Å²) in [4.78, 5) is 23.0. The van der Waals surface area contributed by atoms with Gasteiger partial charge in [0.25, 0.3) is 21.2 Å². The number of hydrogen-bond acceptors (Lipinski definition) is 5. The molecule has 8 heteroatoms. The number of sulfonamides is 1. The van der Waals surface area contributed by atoms with Crippen LogP contribution in [0.5, 0.6) is 0 Å². The van der Waals surface area contributed by atoms with Crippen molar-refractivity contribution in [2.45, 2.75) is 4.90 Å². The van der Waals surface area contributed by atoms with Crippen molar-refractivity contribution in [2.75, 3.05) is 0 Å². The van der Waals surface area contributed by atoms with E-state index in [4.69, 9.17) is 11.6 Å². The van der Waals surface area contributed by atoms with Gasteiger partial charge in [-0.25, -0.2) is 13.1 Å². The van der Waals surface area contributed by atoms with Crippen molar-refractivity contribution in [3.8, 4) is 0 Å². The lowest BCUT2D eigenvalue weighted by Crippen LogP contribution is -2.29. The Bertz CT molecular complexity index is 753. The normalized spacial score (nSPS) is 11.1. The Morgan fingerprint density at radius 2 is 1.60 bits per heavy atom. The second kappa shape index (κ2) is 5.74. The van der Waals surface area contributed by atoms with E-state index >= 15 is 0 Å². The van der Waals surface area contributed by atoms with Crippen LogP contribution in [-0.4, -0.2) is 19.6 Å². The number of halogens is 1. The number of benzene rings is 1. The van der Waals surface area contributed by atoms with Gasteiger partial charge in [-0.15, -0.1) is 11.3 Å². The van der Waals surface area contributed by atoms with Crippen molar-refractivity contribution in [3.05, 3.63) is 52.2 Å². The van der Waals surface area contributed by atoms with E-state index in [1.54, 1.807) is 18.2 Å². The maximum absolute atomic E-state index is 11.9. The highest BCUT2D eigenvalue weighted by atomic mass is 35.5. The van der Waals surface area contributed by atoms with E-state index in [1.165, 1.54) is 24.3 Å². The zero-order valence-corrected chi connectivity index (χ0v) is 12.3. The predicted octanol–water partition coefficient (Wildman–Crippen LogP) is 2.25. The van der Waals surface area contributed by atoms with Crippen molar-refractivity contribution in [3.63, 3.8) is 0 Å². The van der Waals surface area contributed by atoms with E-state index in [2.05, 4.69) is 0 Å². The summed E-state index contributed by atoms with van der Waals surface area (Å²) in [7, 11) is -3.93. The lowest BCUT2D eigenvalue weighted by atomic mass is 10.4. The Labute approximate surface area is 124 Å². The third-order valence-corrected chi connectivity index (χ3v) is 5.05. The molecule has 1 amide bonds. The lowest BCUT2D eigenvalue weighted by molar-refractivity contribution is 0.0985. The minimum Gasteiger partial charge on any atom is -0.275 e. The van der Waals surface area contributed by atoms with Crippen LogP contribution in [0.1, 0.15) is 19.3 Å². The molecule has 0 saturated carbocycles. The highest BCUT2D eigenvalue weighted by molar-refractivity contribution is 7.90. The van der Waals surface area contributed by atoms with Crippen molar-refractivity contribution < 1.29 is 18.0 Å². The fourth-order valence-electron chi connectivity index (χ4n) is 1.40. The highest BCUT2D eigenvalue weighted by Gasteiger charge is 2.20. The smallest absolute Gasteiger partial charge is 0.275 e. The summed E-state index contributed by atoms with van der Waals surface area (Å²) in [6.07, 6.45) is 0. The van der Waals surface area contributed by atoms with Gasteiger partial charge in [-0.2, -0.15) is 0 Å². The number of nitrogens with one attached hydrogen (secondary N) is 1. The van der Waals surface area contributed by atoms with Crippen LogP contribution in [0.4, 0.5) is 0 Å². The van der Waals surface area contributed by atoms with Crippen LogP contribution in [0.3, 0.4) is 0 Å². The molecule has 20 heavy (non-hydrogen) atoms. The molecule has 5 nitrogen and oxygen atoms in total. The summed E-state index contributed by atoms with van der Waals surface area (Å²) < 4.78 is 25.8. The third kappa shape index (κ3) is 3.24. The molecule has 0 aliphatic rings. The van der Waals surface area contributed by atoms with Crippen molar-refractivity contribution >= 4 is 44.1 Å². The largest absolute Gasteiger partial charge is 0.275 e. The van der Waals surface area contributed by atoms with Gasteiger partial charge in [0.2, 0.25) is 0 Å². The molecule has 104 valence electrons. The molecule has 1 aromatic heterocycles. The minimum absolute atomic E-state index is 0.0152. The van der Waals surface area contributed by atoms with Gasteiger partial charge < -0.3 is 0 Å². The quantitative estimate of drug-likeness (QED) is 0.872. The number of thiophene rings is 1. The molecular formula is C12H8ClNO4S2. The van der Waals surface area contributed by atoms with E-state index in [1.807, 2.05) is 4.72 Å². The third-order valence-electron chi connectivity index (χ3n) is 2.30. The minimum atomic E-state index is -3.93. The summed E-state index contributed by atoms with van der Waals surface area (Å²) in [5.74, 6) is -0.803. The second-order valence-electron chi connectivity index (χ2n) is 3.69. The molecule has 1 heterocycles. The monoisotopic (exact) mass is 329 g/mol. The molecule has 0 aliphatic carbocycles. The van der Waals surface area contributed by atoms with Crippen molar-refractivity contribution in [2.24, 2.45) is 0 Å². The zero-order chi connectivity index (χ0) is 14.8. The molecule has 0 fully saturated rings. The van der Waals surface area contributed by atoms with Gasteiger partial charge in [0.15, 0.2) is 0 Å². The van der Waals surface area contributed by atoms with Crippen LogP contribution < -0.4 is 4.72 Å². The first-order valence-corrected chi connectivity index (χ1v) is 8.00. The van der Waals surface area contributed by atoms with Crippen LogP contribution in [0.15, 0.2) is 47.4 Å². The molecule has 0 atom stereocenters. The summed E-state index contributed by atoms with van der Waals surface area (Å²) in [6.45, 7) is 0. The molecule has 0 bridgehead atoms. The standard InChI is InChI=1S/C12H8ClNO4S2/c13-11(15)9-6-7-10(19-9)12(16)14-20(17,18)8-4-2-1-3-5-8/h1-7H,(H,14,16). The number of carbonyl (C=O) groups is 2. The number of hydrogen-bond donors (Lipinski definition) is 1. The van der Waals surface area contributed by atoms with Crippen LogP contribution >= 0.6 is 22.9 Å². The van der Waals surface area contributed by atoms with Gasteiger partial charge in [0.05, 0.1) is 14.6 Å². The van der Waals surface area contributed by atoms with E-state index in [-0.39, 0.29) is 14.6 Å². The molecule has 0 aliphatic heterocycles. The van der Waals surface area contributed by atoms with Crippen LogP contribution in [0.25, 0.3) is 0 Å². The Morgan fingerprint density at radius 1 is 1.00 bits per heavy atom. The van der Waals surface area contributed by atoms with Gasteiger partial charge in [-0.05, 0) is 35.9 Å². The second-order valence-corrected chi connectivity index (χ2v) is 6.79. The summed E-state index contributed by atoms with van der Waals surface area (Å²) in [5, 5.41) is -0.694. The molecular weight excluding hydrogens is 322 g/mol. The maximum atomic E-state index is 11.9. The fourth-order valence-corrected chi connectivity index (χ4v) is 3.36. The molecule has 2 aromatic rings. The molecule has 0 radical (unpaired) electrons. The maximum Gasteiger partial charge on any atom is 0.275 e. The molecule has 0 spiro atoms. The Balaban J connectivity index is 2.21. The van der Waals surface area contributed by atoms with E-state index in [9.17, 15) is 18.0 Å². The topological polar surface area (TPSA) is 80.3 Å². The molecule has 0 unspecified atom stereocenters. The lowest BCUT2D eigenvalue weighted by Gasteiger charge is -2.05. The van der Waals surface area contributed by atoms with Gasteiger partial charge in [-0.1, -0.05) is 18.2 Å². The Kier molecular flexibility index (Phi) is 4.22. The average Bonchev–Trinajstić information content (AvgIpc) is 2.89. The first kappa shape index (κ1) is 14.7. The Hall–Kier alpha value is -1.70. The summed E-state index contributed by atoms with van der Waals surface area (Å²) >= 11 is 6.10. The first-order chi connectivity index (χ1) is 9.40. The van der Waals surface area contributed by atoms with Gasteiger partial charge in [0.1, 0.15) is 0 Å². The van der Waals surface area contributed by atoms with Crippen LogP contribution in [-0.2, 0) is 10.0 Å². The van der Waals surface area contributed by atoms with Crippen molar-refractivity contribution in [1.29, 1.82) is 0 Å². The SMILES string of the molecule is O=C(Cl)c1ccc(C(=O)NS(=O)(=O)c2ccccc2)s1. The van der Waals surface area contributed by atoms with Gasteiger partial charge in [0, 0.05) is 0 Å². The van der Waals surface area contributed by atoms with Gasteiger partial charge >= 0.3 is 0 Å². The number of amides is 1. The Morgan fingerprint density at radius 3 is 2.15 bits per heavy atom. The van der Waals surface area contributed by atoms with Crippen LogP contribution in [0.2, 0.25) is 0 Å². The van der Waals surface area contributed by atoms with Crippen LogP contribution in [0, 0.1) is 0 Å². The molecule has 0 saturated heterocycles. The number of carbonyl (C=O) groups excluding carboxylic acids is 2. The first-order valence-electron chi connectivity index (χ1n) is 5.32.